The summed E-state index contributed by atoms with van der Waals surface area (Å²) >= 11 is 0. The zero-order valence-electron chi connectivity index (χ0n) is 10.6. The van der Waals surface area contributed by atoms with Crippen molar-refractivity contribution >= 4 is 11.8 Å². The second-order valence-electron chi connectivity index (χ2n) is 6.50. The molecular formula is C13H20N2O2. The Hall–Kier alpha value is -1.06. The van der Waals surface area contributed by atoms with Crippen LogP contribution < -0.4 is 5.32 Å². The molecule has 2 amide bonds. The van der Waals surface area contributed by atoms with Gasteiger partial charge >= 0.3 is 0 Å². The Balaban J connectivity index is 1.79. The van der Waals surface area contributed by atoms with E-state index >= 15 is 0 Å². The SMILES string of the molecule is CC1(CN2CC(=O)NC(C)(C3CC3)C2=O)CC1. The first-order chi connectivity index (χ1) is 7.93. The number of amides is 2. The molecule has 0 radical (unpaired) electrons. The van der Waals surface area contributed by atoms with Crippen molar-refractivity contribution in [3.05, 3.63) is 0 Å². The van der Waals surface area contributed by atoms with Gasteiger partial charge in [-0.15, -0.1) is 0 Å². The molecule has 1 atom stereocenters. The molecule has 1 N–H and O–H groups in total. The van der Waals surface area contributed by atoms with Crippen LogP contribution in [0.25, 0.3) is 0 Å². The minimum Gasteiger partial charge on any atom is -0.340 e. The average molecular weight is 236 g/mol. The van der Waals surface area contributed by atoms with Crippen LogP contribution in [0.15, 0.2) is 0 Å². The summed E-state index contributed by atoms with van der Waals surface area (Å²) < 4.78 is 0. The molecule has 0 aromatic carbocycles. The third kappa shape index (κ3) is 1.83. The van der Waals surface area contributed by atoms with Crippen molar-refractivity contribution in [1.29, 1.82) is 0 Å². The lowest BCUT2D eigenvalue weighted by Gasteiger charge is -2.41. The van der Waals surface area contributed by atoms with Crippen molar-refractivity contribution < 1.29 is 9.59 Å². The van der Waals surface area contributed by atoms with Crippen LogP contribution in [0.4, 0.5) is 0 Å². The van der Waals surface area contributed by atoms with Gasteiger partial charge in [0.05, 0.1) is 6.54 Å². The van der Waals surface area contributed by atoms with E-state index in [1.165, 1.54) is 12.8 Å². The van der Waals surface area contributed by atoms with E-state index in [0.29, 0.717) is 5.92 Å². The number of carbonyl (C=O) groups excluding carboxylic acids is 2. The van der Waals surface area contributed by atoms with Gasteiger partial charge < -0.3 is 10.2 Å². The van der Waals surface area contributed by atoms with Gasteiger partial charge in [-0.3, -0.25) is 9.59 Å². The highest BCUT2D eigenvalue weighted by Gasteiger charge is 2.54. The molecule has 1 unspecified atom stereocenters. The number of nitrogens with one attached hydrogen (secondary N) is 1. The molecule has 0 aromatic rings. The smallest absolute Gasteiger partial charge is 0.248 e. The van der Waals surface area contributed by atoms with E-state index in [2.05, 4.69) is 12.2 Å². The van der Waals surface area contributed by atoms with E-state index in [9.17, 15) is 9.59 Å². The van der Waals surface area contributed by atoms with Gasteiger partial charge in [0.2, 0.25) is 11.8 Å². The summed E-state index contributed by atoms with van der Waals surface area (Å²) in [5, 5.41) is 2.91. The molecule has 17 heavy (non-hydrogen) atoms. The normalized spacial score (nSPS) is 35.8. The lowest BCUT2D eigenvalue weighted by Crippen LogP contribution is -2.66. The van der Waals surface area contributed by atoms with Crippen LogP contribution in [0, 0.1) is 11.3 Å². The summed E-state index contributed by atoms with van der Waals surface area (Å²) in [5.41, 5.74) is -0.349. The van der Waals surface area contributed by atoms with Gasteiger partial charge in [-0.05, 0) is 43.9 Å². The van der Waals surface area contributed by atoms with Crippen LogP contribution in [-0.4, -0.2) is 35.3 Å². The molecule has 0 spiro atoms. The van der Waals surface area contributed by atoms with E-state index in [4.69, 9.17) is 0 Å². The largest absolute Gasteiger partial charge is 0.340 e. The molecule has 1 saturated heterocycles. The molecule has 1 heterocycles. The third-order valence-electron chi connectivity index (χ3n) is 4.54. The highest BCUT2D eigenvalue weighted by molar-refractivity contribution is 5.98. The van der Waals surface area contributed by atoms with E-state index in [-0.39, 0.29) is 23.8 Å². The molecule has 3 fully saturated rings. The van der Waals surface area contributed by atoms with Gasteiger partial charge in [0.1, 0.15) is 5.54 Å². The summed E-state index contributed by atoms with van der Waals surface area (Å²) in [4.78, 5) is 26.0. The average Bonchev–Trinajstić information content (AvgIpc) is 3.09. The number of nitrogens with zero attached hydrogens (tertiary/aromatic N) is 1. The van der Waals surface area contributed by atoms with Crippen LogP contribution in [0.5, 0.6) is 0 Å². The minimum atomic E-state index is -0.624. The van der Waals surface area contributed by atoms with Gasteiger partial charge in [0.25, 0.3) is 0 Å². The molecule has 3 aliphatic rings. The fraction of sp³-hybridized carbons (Fsp3) is 0.846. The van der Waals surface area contributed by atoms with Crippen LogP contribution >= 0.6 is 0 Å². The molecule has 4 heteroatoms. The maximum Gasteiger partial charge on any atom is 0.248 e. The maximum absolute atomic E-state index is 12.5. The number of hydrogen-bond donors (Lipinski definition) is 1. The first-order valence-electron chi connectivity index (χ1n) is 6.53. The fourth-order valence-electron chi connectivity index (χ4n) is 2.85. The molecule has 0 aromatic heterocycles. The molecule has 2 aliphatic carbocycles. The van der Waals surface area contributed by atoms with Gasteiger partial charge in [0.15, 0.2) is 0 Å². The van der Waals surface area contributed by atoms with Crippen molar-refractivity contribution in [2.75, 3.05) is 13.1 Å². The van der Waals surface area contributed by atoms with Crippen LogP contribution in [0.1, 0.15) is 39.5 Å². The van der Waals surface area contributed by atoms with Gasteiger partial charge in [-0.25, -0.2) is 0 Å². The quantitative estimate of drug-likeness (QED) is 0.792. The predicted molar refractivity (Wildman–Crippen MR) is 63.2 cm³/mol. The van der Waals surface area contributed by atoms with Crippen molar-refractivity contribution in [2.24, 2.45) is 11.3 Å². The molecule has 1 aliphatic heterocycles. The summed E-state index contributed by atoms with van der Waals surface area (Å²) in [6.07, 6.45) is 4.48. The number of rotatable bonds is 3. The molecule has 3 rings (SSSR count). The molecular weight excluding hydrogens is 216 g/mol. The Morgan fingerprint density at radius 1 is 1.29 bits per heavy atom. The maximum atomic E-state index is 12.5. The topological polar surface area (TPSA) is 49.4 Å². The Bertz CT molecular complexity index is 385. The molecule has 2 saturated carbocycles. The second-order valence-corrected chi connectivity index (χ2v) is 6.50. The first kappa shape index (κ1) is 11.1. The van der Waals surface area contributed by atoms with Crippen LogP contribution in [0.3, 0.4) is 0 Å². The van der Waals surface area contributed by atoms with Crippen molar-refractivity contribution in [3.8, 4) is 0 Å². The predicted octanol–water partition coefficient (Wildman–Crippen LogP) is 0.914. The van der Waals surface area contributed by atoms with Gasteiger partial charge in [-0.2, -0.15) is 0 Å². The molecule has 0 bridgehead atoms. The highest BCUT2D eigenvalue weighted by Crippen LogP contribution is 2.47. The van der Waals surface area contributed by atoms with Crippen molar-refractivity contribution in [1.82, 2.24) is 10.2 Å². The van der Waals surface area contributed by atoms with E-state index in [0.717, 1.165) is 19.4 Å². The Kier molecular flexibility index (Phi) is 2.11. The Morgan fingerprint density at radius 2 is 1.94 bits per heavy atom. The first-order valence-corrected chi connectivity index (χ1v) is 6.53. The molecule has 94 valence electrons. The zero-order chi connectivity index (χ0) is 12.3. The zero-order valence-corrected chi connectivity index (χ0v) is 10.6. The van der Waals surface area contributed by atoms with Crippen LogP contribution in [-0.2, 0) is 9.59 Å². The van der Waals surface area contributed by atoms with Gasteiger partial charge in [-0.1, -0.05) is 6.92 Å². The summed E-state index contributed by atoms with van der Waals surface area (Å²) in [6, 6.07) is 0. The van der Waals surface area contributed by atoms with Crippen molar-refractivity contribution in [2.45, 2.75) is 45.1 Å². The molecule has 4 nitrogen and oxygen atoms in total. The van der Waals surface area contributed by atoms with E-state index < -0.39 is 5.54 Å². The monoisotopic (exact) mass is 236 g/mol. The Morgan fingerprint density at radius 3 is 2.47 bits per heavy atom. The van der Waals surface area contributed by atoms with Gasteiger partial charge in [0, 0.05) is 6.54 Å². The minimum absolute atomic E-state index is 0.00301. The number of carbonyl (C=O) groups is 2. The lowest BCUT2D eigenvalue weighted by molar-refractivity contribution is -0.151. The van der Waals surface area contributed by atoms with E-state index in [1.807, 2.05) is 6.92 Å². The summed E-state index contributed by atoms with van der Waals surface area (Å²) in [6.45, 7) is 5.09. The van der Waals surface area contributed by atoms with Crippen molar-refractivity contribution in [3.63, 3.8) is 0 Å². The lowest BCUT2D eigenvalue weighted by atomic mass is 9.91. The summed E-state index contributed by atoms with van der Waals surface area (Å²) in [5.74, 6) is 0.490. The van der Waals surface area contributed by atoms with E-state index in [1.54, 1.807) is 4.90 Å². The second kappa shape index (κ2) is 3.24. The Labute approximate surface area is 102 Å². The third-order valence-corrected chi connectivity index (χ3v) is 4.54. The number of hydrogen-bond acceptors (Lipinski definition) is 2. The fourth-order valence-corrected chi connectivity index (χ4v) is 2.85. The standard InChI is InChI=1S/C13H20N2O2/c1-12(5-6-12)8-15-7-10(16)14-13(2,11(15)17)9-3-4-9/h9H,3-8H2,1-2H3,(H,14,16). The highest BCUT2D eigenvalue weighted by atomic mass is 16.2. The van der Waals surface area contributed by atoms with Crippen LogP contribution in [0.2, 0.25) is 0 Å². The summed E-state index contributed by atoms with van der Waals surface area (Å²) in [7, 11) is 0. The number of piperazine rings is 1.